The molecule has 0 aromatic heterocycles. The molecule has 1 aliphatic heterocycles. The second-order valence-electron chi connectivity index (χ2n) is 3.43. The lowest BCUT2D eigenvalue weighted by Gasteiger charge is -2.10. The Labute approximate surface area is 82.6 Å². The van der Waals surface area contributed by atoms with Gasteiger partial charge in [0.2, 0.25) is 5.91 Å². The van der Waals surface area contributed by atoms with Crippen LogP contribution in [0.4, 0.5) is 5.69 Å². The van der Waals surface area contributed by atoms with Gasteiger partial charge in [-0.25, -0.2) is 0 Å². The number of nitrogens with zero attached hydrogens (tertiary/aromatic N) is 2. The first-order valence-corrected chi connectivity index (χ1v) is 4.47. The van der Waals surface area contributed by atoms with E-state index in [9.17, 15) is 4.79 Å². The molecule has 70 valence electrons. The Hall–Kier alpha value is -1.82. The van der Waals surface area contributed by atoms with Gasteiger partial charge in [-0.3, -0.25) is 4.79 Å². The molecule has 0 aliphatic carbocycles. The lowest BCUT2D eigenvalue weighted by Crippen LogP contribution is -2.20. The Morgan fingerprint density at radius 2 is 2.36 bits per heavy atom. The third-order valence-corrected chi connectivity index (χ3v) is 2.51. The van der Waals surface area contributed by atoms with Gasteiger partial charge in [0.25, 0.3) is 0 Å². The first-order chi connectivity index (χ1) is 6.72. The average molecular weight is 186 g/mol. The minimum Gasteiger partial charge on any atom is -0.315 e. The minimum absolute atomic E-state index is 0.120. The molecule has 0 radical (unpaired) electrons. The van der Waals surface area contributed by atoms with E-state index < -0.39 is 0 Å². The highest BCUT2D eigenvalue weighted by molar-refractivity contribution is 6.00. The molecule has 0 saturated carbocycles. The van der Waals surface area contributed by atoms with Gasteiger partial charge >= 0.3 is 0 Å². The fraction of sp³-hybridized carbons (Fsp3) is 0.273. The van der Waals surface area contributed by atoms with Gasteiger partial charge in [0, 0.05) is 12.7 Å². The average Bonchev–Trinajstić information content (AvgIpc) is 2.45. The molecule has 3 heteroatoms. The van der Waals surface area contributed by atoms with Crippen molar-refractivity contribution >= 4 is 11.6 Å². The number of rotatable bonds is 1. The highest BCUT2D eigenvalue weighted by Gasteiger charge is 2.23. The van der Waals surface area contributed by atoms with Crippen LogP contribution in [0.3, 0.4) is 0 Å². The van der Waals surface area contributed by atoms with E-state index >= 15 is 0 Å². The van der Waals surface area contributed by atoms with Gasteiger partial charge < -0.3 is 4.90 Å². The monoisotopic (exact) mass is 186 g/mol. The number of carbonyl (C=O) groups is 1. The second kappa shape index (κ2) is 3.15. The van der Waals surface area contributed by atoms with Gasteiger partial charge in [-0.15, -0.1) is 0 Å². The molecule has 2 rings (SSSR count). The molecule has 1 heterocycles. The summed E-state index contributed by atoms with van der Waals surface area (Å²) in [6.07, 6.45) is 0.883. The largest absolute Gasteiger partial charge is 0.315 e. The molecule has 0 unspecified atom stereocenters. The Morgan fingerprint density at radius 1 is 1.57 bits per heavy atom. The van der Waals surface area contributed by atoms with E-state index in [4.69, 9.17) is 5.26 Å². The first kappa shape index (κ1) is 8.76. The van der Waals surface area contributed by atoms with Crippen molar-refractivity contribution in [3.05, 3.63) is 29.3 Å². The molecule has 0 bridgehead atoms. The van der Waals surface area contributed by atoms with Gasteiger partial charge in [0.05, 0.1) is 18.9 Å². The third kappa shape index (κ3) is 1.25. The highest BCUT2D eigenvalue weighted by Crippen LogP contribution is 2.28. The van der Waals surface area contributed by atoms with Crippen LogP contribution in [0.5, 0.6) is 0 Å². The highest BCUT2D eigenvalue weighted by atomic mass is 16.2. The zero-order chi connectivity index (χ0) is 10.1. The lowest BCUT2D eigenvalue weighted by molar-refractivity contribution is -0.117. The Kier molecular flexibility index (Phi) is 1.97. The van der Waals surface area contributed by atoms with Crippen molar-refractivity contribution < 1.29 is 4.79 Å². The summed E-state index contributed by atoms with van der Waals surface area (Å²) < 4.78 is 0. The van der Waals surface area contributed by atoms with E-state index in [-0.39, 0.29) is 5.91 Å². The van der Waals surface area contributed by atoms with Crippen molar-refractivity contribution in [1.82, 2.24) is 0 Å². The van der Waals surface area contributed by atoms with Crippen molar-refractivity contribution in [2.75, 3.05) is 11.9 Å². The van der Waals surface area contributed by atoms with E-state index in [1.807, 2.05) is 18.2 Å². The lowest BCUT2D eigenvalue weighted by atomic mass is 10.1. The van der Waals surface area contributed by atoms with Crippen molar-refractivity contribution in [3.63, 3.8) is 0 Å². The Bertz CT molecular complexity index is 431. The molecule has 14 heavy (non-hydrogen) atoms. The zero-order valence-electron chi connectivity index (χ0n) is 7.95. The molecule has 1 aliphatic rings. The molecule has 0 spiro atoms. The summed E-state index contributed by atoms with van der Waals surface area (Å²) in [6.45, 7) is 0. The van der Waals surface area contributed by atoms with E-state index in [1.165, 1.54) is 0 Å². The smallest absolute Gasteiger partial charge is 0.231 e. The second-order valence-corrected chi connectivity index (χ2v) is 3.43. The molecule has 3 nitrogen and oxygen atoms in total. The SMILES string of the molecule is CN1C(=O)Cc2ccc(CC#N)cc21. The fourth-order valence-electron chi connectivity index (χ4n) is 1.69. The van der Waals surface area contributed by atoms with E-state index in [0.29, 0.717) is 12.8 Å². The number of anilines is 1. The van der Waals surface area contributed by atoms with Crippen LogP contribution in [0.1, 0.15) is 11.1 Å². The molecular weight excluding hydrogens is 176 g/mol. The van der Waals surface area contributed by atoms with Crippen molar-refractivity contribution in [3.8, 4) is 6.07 Å². The topological polar surface area (TPSA) is 44.1 Å². The minimum atomic E-state index is 0.120. The number of amides is 1. The van der Waals surface area contributed by atoms with Gasteiger partial charge in [0.1, 0.15) is 0 Å². The van der Waals surface area contributed by atoms with Crippen LogP contribution in [-0.4, -0.2) is 13.0 Å². The maximum absolute atomic E-state index is 11.4. The summed E-state index contributed by atoms with van der Waals surface area (Å²) in [5.41, 5.74) is 2.97. The fourth-order valence-corrected chi connectivity index (χ4v) is 1.69. The van der Waals surface area contributed by atoms with Gasteiger partial charge in [-0.2, -0.15) is 5.26 Å². The van der Waals surface area contributed by atoms with Gasteiger partial charge in [-0.05, 0) is 17.2 Å². The number of hydrogen-bond donors (Lipinski definition) is 0. The van der Waals surface area contributed by atoms with Crippen LogP contribution < -0.4 is 4.90 Å². The molecule has 0 fully saturated rings. The van der Waals surface area contributed by atoms with Crippen LogP contribution >= 0.6 is 0 Å². The van der Waals surface area contributed by atoms with Crippen LogP contribution in [0, 0.1) is 11.3 Å². The summed E-state index contributed by atoms with van der Waals surface area (Å²) in [4.78, 5) is 13.0. The summed E-state index contributed by atoms with van der Waals surface area (Å²) in [5.74, 6) is 0.120. The Morgan fingerprint density at radius 3 is 3.07 bits per heavy atom. The van der Waals surface area contributed by atoms with Gasteiger partial charge in [-0.1, -0.05) is 12.1 Å². The van der Waals surface area contributed by atoms with Crippen molar-refractivity contribution in [2.45, 2.75) is 12.8 Å². The van der Waals surface area contributed by atoms with E-state index in [1.54, 1.807) is 11.9 Å². The Balaban J connectivity index is 2.42. The number of hydrogen-bond acceptors (Lipinski definition) is 2. The van der Waals surface area contributed by atoms with Crippen LogP contribution in [0.15, 0.2) is 18.2 Å². The van der Waals surface area contributed by atoms with Crippen LogP contribution in [0.2, 0.25) is 0 Å². The first-order valence-electron chi connectivity index (χ1n) is 4.47. The number of likely N-dealkylation sites (N-methyl/N-ethyl adjacent to an activating group) is 1. The van der Waals surface area contributed by atoms with Crippen LogP contribution in [-0.2, 0) is 17.6 Å². The van der Waals surface area contributed by atoms with Crippen molar-refractivity contribution in [1.29, 1.82) is 5.26 Å². The van der Waals surface area contributed by atoms with Crippen molar-refractivity contribution in [2.24, 2.45) is 0 Å². The summed E-state index contributed by atoms with van der Waals surface area (Å²) in [6, 6.07) is 7.86. The molecular formula is C11H10N2O. The maximum Gasteiger partial charge on any atom is 0.231 e. The predicted octanol–water partition coefficient (Wildman–Crippen LogP) is 1.27. The van der Waals surface area contributed by atoms with E-state index in [2.05, 4.69) is 6.07 Å². The van der Waals surface area contributed by atoms with Crippen LogP contribution in [0.25, 0.3) is 0 Å². The molecule has 1 amide bonds. The number of fused-ring (bicyclic) bond motifs is 1. The molecule has 1 aromatic rings. The number of benzene rings is 1. The normalized spacial score (nSPS) is 14.0. The van der Waals surface area contributed by atoms with Gasteiger partial charge in [0.15, 0.2) is 0 Å². The summed E-state index contributed by atoms with van der Waals surface area (Å²) in [5, 5.41) is 8.56. The molecule has 0 atom stereocenters. The third-order valence-electron chi connectivity index (χ3n) is 2.51. The standard InChI is InChI=1S/C11H10N2O/c1-13-10-6-8(4-5-12)2-3-9(10)7-11(13)14/h2-3,6H,4,7H2,1H3. The molecule has 0 N–H and O–H groups in total. The number of carbonyl (C=O) groups excluding carboxylic acids is 1. The molecule has 0 saturated heterocycles. The quantitative estimate of drug-likeness (QED) is 0.663. The molecule has 1 aromatic carbocycles. The maximum atomic E-state index is 11.4. The van der Waals surface area contributed by atoms with E-state index in [0.717, 1.165) is 16.8 Å². The number of nitriles is 1. The zero-order valence-corrected chi connectivity index (χ0v) is 7.95. The summed E-state index contributed by atoms with van der Waals surface area (Å²) >= 11 is 0. The summed E-state index contributed by atoms with van der Waals surface area (Å²) in [7, 11) is 1.77. The predicted molar refractivity (Wildman–Crippen MR) is 52.9 cm³/mol.